The molecule has 0 aromatic heterocycles. The zero-order valence-corrected chi connectivity index (χ0v) is 14.0. The van der Waals surface area contributed by atoms with Crippen molar-refractivity contribution in [1.82, 2.24) is 0 Å². The largest absolute Gasteiger partial charge is 2.00 e. The Morgan fingerprint density at radius 3 is 0.941 bits per heavy atom. The quantitative estimate of drug-likeness (QED) is 0.156. The normalized spacial score (nSPS) is 11.3. The molecule has 0 aromatic rings. The molecule has 0 aliphatic rings. The summed E-state index contributed by atoms with van der Waals surface area (Å²) in [4.78, 5) is 0. The second-order valence-electron chi connectivity index (χ2n) is 1.38. The number of hydrogen-bond donors (Lipinski definition) is 1. The summed E-state index contributed by atoms with van der Waals surface area (Å²) in [5.41, 5.74) is 0. The van der Waals surface area contributed by atoms with E-state index in [1.54, 1.807) is 0 Å². The summed E-state index contributed by atoms with van der Waals surface area (Å²) >= 11 is 0. The van der Waals surface area contributed by atoms with E-state index in [1.165, 1.54) is 0 Å². The molecule has 0 saturated carbocycles. The van der Waals surface area contributed by atoms with Crippen LogP contribution in [0.3, 0.4) is 0 Å². The molecule has 0 atom stereocenters. The first-order valence-electron chi connectivity index (χ1n) is 2.18. The Hall–Kier alpha value is 1.77. The maximum absolute atomic E-state index is 9.37. The Kier molecular flexibility index (Phi) is 16.8. The molecule has 1 N–H and O–H groups in total. The fourth-order valence-corrected chi connectivity index (χ4v) is 0.612. The Morgan fingerprint density at radius 1 is 0.765 bits per heavy atom. The van der Waals surface area contributed by atoms with Gasteiger partial charge in [0.2, 0.25) is 31.2 Å². The Labute approximate surface area is 149 Å². The SMILES string of the molecule is O=S(=O)([O-])O.O=S(=O)([O-])OOS(=O)(=O)[O-].[Cu+2].[K+]. The average molecular weight is 392 g/mol. The van der Waals surface area contributed by atoms with Gasteiger partial charge in [0.25, 0.3) is 0 Å². The predicted molar refractivity (Wildman–Crippen MR) is 33.9 cm³/mol. The van der Waals surface area contributed by atoms with Crippen LogP contribution in [-0.4, -0.2) is 43.5 Å². The minimum absolute atomic E-state index is 0. The van der Waals surface area contributed by atoms with Gasteiger partial charge in [-0.25, -0.2) is 25.3 Å². The summed E-state index contributed by atoms with van der Waals surface area (Å²) in [5, 5.41) is 0. The van der Waals surface area contributed by atoms with Crippen molar-refractivity contribution in [3.8, 4) is 0 Å². The molecule has 0 aliphatic heterocycles. The van der Waals surface area contributed by atoms with Crippen LogP contribution in [0, 0.1) is 0 Å². The Balaban J connectivity index is -0.000000105. The first-order chi connectivity index (χ1) is 6.21. The molecule has 0 unspecified atom stereocenters. The third kappa shape index (κ3) is 57.5. The monoisotopic (exact) mass is 391 g/mol. The van der Waals surface area contributed by atoms with Crippen LogP contribution >= 0.6 is 0 Å². The van der Waals surface area contributed by atoms with Gasteiger partial charge in [-0.1, -0.05) is 0 Å². The molecular weight excluding hydrogens is 391 g/mol. The van der Waals surface area contributed by atoms with E-state index < -0.39 is 31.2 Å². The van der Waals surface area contributed by atoms with Gasteiger partial charge in [-0.05, 0) is 0 Å². The van der Waals surface area contributed by atoms with E-state index in [4.69, 9.17) is 17.5 Å². The maximum Gasteiger partial charge on any atom is 2.00 e. The van der Waals surface area contributed by atoms with E-state index in [9.17, 15) is 25.9 Å². The van der Waals surface area contributed by atoms with Crippen LogP contribution in [0.4, 0.5) is 0 Å². The molecule has 0 bridgehead atoms. The smallest absolute Gasteiger partial charge is 0.726 e. The summed E-state index contributed by atoms with van der Waals surface area (Å²) in [5.74, 6) is 0. The molecule has 0 fully saturated rings. The first-order valence-corrected chi connectivity index (χ1v) is 6.21. The van der Waals surface area contributed by atoms with E-state index in [0.717, 1.165) is 0 Å². The van der Waals surface area contributed by atoms with Crippen molar-refractivity contribution in [2.75, 3.05) is 0 Å². The molecule has 0 spiro atoms. The van der Waals surface area contributed by atoms with Gasteiger partial charge in [0.1, 0.15) is 0 Å². The topological polar surface area (TPSA) is 210 Å². The average Bonchev–Trinajstić information content (AvgIpc) is 1.76. The van der Waals surface area contributed by atoms with Gasteiger partial charge in [0, 0.05) is 0 Å². The standard InChI is InChI=1S/Cu.K.H2O8S2.H2O4S/c;;1-9(2,3)7-8-10(4,5)6;1-5(2,3)4/h;;(H,1,2,3)(H,4,5,6);(H2,1,2,3,4)/q+2;+1;;/p-3. The fourth-order valence-electron chi connectivity index (χ4n) is 0.0680. The number of hydrogen-bond acceptors (Lipinski definition) is 11. The van der Waals surface area contributed by atoms with Gasteiger partial charge < -0.3 is 13.7 Å². The summed E-state index contributed by atoms with van der Waals surface area (Å²) in [6.07, 6.45) is 0. The molecule has 0 amide bonds. The van der Waals surface area contributed by atoms with E-state index in [2.05, 4.69) is 8.67 Å². The minimum Gasteiger partial charge on any atom is -0.726 e. The van der Waals surface area contributed by atoms with Crippen molar-refractivity contribution in [2.24, 2.45) is 0 Å². The van der Waals surface area contributed by atoms with Crippen molar-refractivity contribution in [3.63, 3.8) is 0 Å². The van der Waals surface area contributed by atoms with Crippen LogP contribution in [0.1, 0.15) is 0 Å². The van der Waals surface area contributed by atoms with E-state index in [-0.39, 0.29) is 68.5 Å². The second-order valence-corrected chi connectivity index (χ2v) is 4.14. The first kappa shape index (κ1) is 27.2. The molecule has 103 valence electrons. The van der Waals surface area contributed by atoms with Crippen LogP contribution in [0.15, 0.2) is 0 Å². The molecule has 1 radical (unpaired) electrons. The third-order valence-electron chi connectivity index (χ3n) is 0.194. The summed E-state index contributed by atoms with van der Waals surface area (Å²) in [6, 6.07) is 0. The second kappa shape index (κ2) is 10.5. The van der Waals surface area contributed by atoms with Crippen LogP contribution in [0.25, 0.3) is 0 Å². The molecule has 17 heavy (non-hydrogen) atoms. The predicted octanol–water partition coefficient (Wildman–Crippen LogP) is -6.14. The summed E-state index contributed by atoms with van der Waals surface area (Å²) in [6.45, 7) is 0. The molecule has 0 saturated heterocycles. The van der Waals surface area contributed by atoms with Gasteiger partial charge in [0.15, 0.2) is 0 Å². The van der Waals surface area contributed by atoms with Crippen LogP contribution in [0.2, 0.25) is 0 Å². The summed E-state index contributed by atoms with van der Waals surface area (Å²) < 4.78 is 94.3. The zero-order chi connectivity index (χ0) is 12.9. The van der Waals surface area contributed by atoms with Gasteiger partial charge >= 0.3 is 68.5 Å². The minimum atomic E-state index is -5.31. The van der Waals surface area contributed by atoms with Gasteiger partial charge in [-0.15, -0.1) is 8.67 Å². The van der Waals surface area contributed by atoms with E-state index >= 15 is 0 Å². The molecule has 0 aromatic carbocycles. The molecule has 17 heteroatoms. The Bertz CT molecular complexity index is 426. The van der Waals surface area contributed by atoms with Crippen molar-refractivity contribution in [2.45, 2.75) is 0 Å². The maximum atomic E-state index is 9.37. The molecule has 12 nitrogen and oxygen atoms in total. The number of rotatable bonds is 3. The molecule has 0 aliphatic carbocycles. The van der Waals surface area contributed by atoms with Crippen LogP contribution in [-0.2, 0) is 56.9 Å². The van der Waals surface area contributed by atoms with Crippen molar-refractivity contribution in [3.05, 3.63) is 0 Å². The van der Waals surface area contributed by atoms with E-state index in [1.807, 2.05) is 0 Å². The van der Waals surface area contributed by atoms with Crippen LogP contribution in [0.5, 0.6) is 0 Å². The molecule has 0 rings (SSSR count). The molecular formula is HCuKO12S3. The summed E-state index contributed by atoms with van der Waals surface area (Å²) in [7, 11) is -15.5. The van der Waals surface area contributed by atoms with Crippen molar-refractivity contribution < 1.29 is 121 Å². The van der Waals surface area contributed by atoms with Crippen molar-refractivity contribution >= 4 is 31.2 Å². The van der Waals surface area contributed by atoms with Crippen LogP contribution < -0.4 is 51.4 Å². The Morgan fingerprint density at radius 2 is 0.882 bits per heavy atom. The van der Waals surface area contributed by atoms with Crippen molar-refractivity contribution in [1.29, 1.82) is 0 Å². The molecule has 0 heterocycles. The van der Waals surface area contributed by atoms with Gasteiger partial charge in [-0.2, -0.15) is 0 Å². The van der Waals surface area contributed by atoms with E-state index in [0.29, 0.717) is 0 Å². The van der Waals surface area contributed by atoms with Gasteiger partial charge in [-0.3, -0.25) is 4.55 Å². The third-order valence-corrected chi connectivity index (χ3v) is 0.750. The zero-order valence-electron chi connectivity index (χ0n) is 7.46. The fraction of sp³-hybridized carbons (Fsp3) is 0. The van der Waals surface area contributed by atoms with Gasteiger partial charge in [0.05, 0.1) is 0 Å².